The minimum atomic E-state index is -0.216. The van der Waals surface area contributed by atoms with Crippen LogP contribution in [0.4, 0.5) is 0 Å². The average molecular weight is 179 g/mol. The first-order valence-electron chi connectivity index (χ1n) is 3.76. The first kappa shape index (κ1) is 9.35. The van der Waals surface area contributed by atoms with Crippen LogP contribution in [0.15, 0.2) is 15.6 Å². The molecular formula is C8H9N3O2. The number of aryl methyl sites for hydroxylation is 2. The summed E-state index contributed by atoms with van der Waals surface area (Å²) in [6.45, 7) is 3.31. The summed E-state index contributed by atoms with van der Waals surface area (Å²) in [6.07, 6.45) is 0. The second kappa shape index (κ2) is 3.78. The predicted octanol–water partition coefficient (Wildman–Crippen LogP) is 2.39. The van der Waals surface area contributed by atoms with Crippen LogP contribution in [0.25, 0.3) is 10.4 Å². The van der Waals surface area contributed by atoms with E-state index in [1.54, 1.807) is 19.9 Å². The molecule has 1 rings (SSSR count). The summed E-state index contributed by atoms with van der Waals surface area (Å²) >= 11 is 0. The number of hydrogen-bond donors (Lipinski definition) is 0. The van der Waals surface area contributed by atoms with Crippen LogP contribution >= 0.6 is 0 Å². The van der Waals surface area contributed by atoms with E-state index < -0.39 is 0 Å². The molecule has 1 aromatic heterocycles. The fourth-order valence-electron chi connectivity index (χ4n) is 1.09. The Morgan fingerprint density at radius 2 is 2.38 bits per heavy atom. The number of hydrogen-bond acceptors (Lipinski definition) is 3. The van der Waals surface area contributed by atoms with E-state index in [4.69, 9.17) is 9.95 Å². The molecule has 5 nitrogen and oxygen atoms in total. The molecule has 0 aliphatic rings. The lowest BCUT2D eigenvalue weighted by molar-refractivity contribution is 0.1000. The Morgan fingerprint density at radius 3 is 2.85 bits per heavy atom. The summed E-state index contributed by atoms with van der Waals surface area (Å²) in [6, 6.07) is 1.64. The van der Waals surface area contributed by atoms with E-state index in [1.165, 1.54) is 0 Å². The predicted molar refractivity (Wildman–Crippen MR) is 46.5 cm³/mol. The van der Waals surface area contributed by atoms with Gasteiger partial charge in [-0.1, -0.05) is 5.11 Å². The molecule has 0 bridgehead atoms. The Bertz CT molecular complexity index is 375. The third kappa shape index (κ3) is 2.10. The van der Waals surface area contributed by atoms with Gasteiger partial charge >= 0.3 is 0 Å². The van der Waals surface area contributed by atoms with Crippen LogP contribution in [0.2, 0.25) is 0 Å². The van der Waals surface area contributed by atoms with E-state index in [-0.39, 0.29) is 12.3 Å². The van der Waals surface area contributed by atoms with E-state index in [1.807, 2.05) is 0 Å². The molecule has 0 N–H and O–H groups in total. The van der Waals surface area contributed by atoms with E-state index >= 15 is 0 Å². The number of Topliss-reactive ketones (excluding diaryl/α,β-unsaturated/α-hetero) is 1. The van der Waals surface area contributed by atoms with E-state index in [9.17, 15) is 4.79 Å². The quantitative estimate of drug-likeness (QED) is 0.309. The summed E-state index contributed by atoms with van der Waals surface area (Å²) < 4.78 is 5.16. The summed E-state index contributed by atoms with van der Waals surface area (Å²) in [5.74, 6) is 1.03. The smallest absolute Gasteiger partial charge is 0.172 e. The molecule has 0 unspecified atom stereocenters. The van der Waals surface area contributed by atoms with Crippen molar-refractivity contribution < 1.29 is 9.21 Å². The van der Waals surface area contributed by atoms with Crippen LogP contribution in [-0.4, -0.2) is 12.3 Å². The molecule has 0 aliphatic heterocycles. The van der Waals surface area contributed by atoms with Gasteiger partial charge in [-0.2, -0.15) is 0 Å². The van der Waals surface area contributed by atoms with Crippen LogP contribution in [0.3, 0.4) is 0 Å². The largest absolute Gasteiger partial charge is 0.466 e. The van der Waals surface area contributed by atoms with Crippen LogP contribution in [-0.2, 0) is 0 Å². The molecule has 1 heterocycles. The third-order valence-electron chi connectivity index (χ3n) is 1.62. The zero-order valence-corrected chi connectivity index (χ0v) is 7.44. The monoisotopic (exact) mass is 179 g/mol. The molecule has 68 valence electrons. The Hall–Kier alpha value is -1.74. The first-order chi connectivity index (χ1) is 6.15. The van der Waals surface area contributed by atoms with E-state index in [0.29, 0.717) is 17.1 Å². The topological polar surface area (TPSA) is 79.0 Å². The van der Waals surface area contributed by atoms with Crippen LogP contribution in [0.1, 0.15) is 21.9 Å². The Kier molecular flexibility index (Phi) is 2.72. The normalized spacial score (nSPS) is 9.38. The minimum absolute atomic E-state index is 0.156. The van der Waals surface area contributed by atoms with Gasteiger partial charge in [0.15, 0.2) is 5.78 Å². The lowest BCUT2D eigenvalue weighted by Gasteiger charge is -1.91. The van der Waals surface area contributed by atoms with Crippen molar-refractivity contribution in [3.05, 3.63) is 33.6 Å². The average Bonchev–Trinajstić information content (AvgIpc) is 2.41. The van der Waals surface area contributed by atoms with Gasteiger partial charge in [-0.05, 0) is 25.4 Å². The van der Waals surface area contributed by atoms with Gasteiger partial charge in [-0.25, -0.2) is 0 Å². The fourth-order valence-corrected chi connectivity index (χ4v) is 1.09. The molecule has 13 heavy (non-hydrogen) atoms. The van der Waals surface area contributed by atoms with Crippen molar-refractivity contribution in [3.63, 3.8) is 0 Å². The number of carbonyl (C=O) groups excluding carboxylic acids is 1. The molecule has 0 amide bonds. The van der Waals surface area contributed by atoms with Gasteiger partial charge in [0.25, 0.3) is 0 Å². The molecule has 0 fully saturated rings. The molecule has 0 radical (unpaired) electrons. The van der Waals surface area contributed by atoms with Gasteiger partial charge in [0.05, 0.1) is 12.1 Å². The summed E-state index contributed by atoms with van der Waals surface area (Å²) in [5, 5.41) is 3.19. The number of ketones is 1. The second-order valence-electron chi connectivity index (χ2n) is 2.64. The van der Waals surface area contributed by atoms with E-state index in [0.717, 1.165) is 0 Å². The maximum atomic E-state index is 11.3. The Morgan fingerprint density at radius 1 is 1.69 bits per heavy atom. The van der Waals surface area contributed by atoms with Crippen molar-refractivity contribution >= 4 is 5.78 Å². The van der Waals surface area contributed by atoms with Crippen LogP contribution < -0.4 is 0 Å². The molecule has 0 saturated heterocycles. The van der Waals surface area contributed by atoms with Gasteiger partial charge in [0.1, 0.15) is 11.5 Å². The van der Waals surface area contributed by atoms with Crippen LogP contribution in [0, 0.1) is 13.8 Å². The summed E-state index contributed by atoms with van der Waals surface area (Å²) in [5.41, 5.74) is 8.51. The van der Waals surface area contributed by atoms with Crippen molar-refractivity contribution in [2.24, 2.45) is 5.11 Å². The highest BCUT2D eigenvalue weighted by Crippen LogP contribution is 2.14. The lowest BCUT2D eigenvalue weighted by Crippen LogP contribution is -2.02. The first-order valence-corrected chi connectivity index (χ1v) is 3.76. The number of rotatable bonds is 3. The lowest BCUT2D eigenvalue weighted by atomic mass is 10.1. The molecule has 0 aliphatic carbocycles. The minimum Gasteiger partial charge on any atom is -0.466 e. The molecule has 0 saturated carbocycles. The second-order valence-corrected chi connectivity index (χ2v) is 2.64. The highest BCUT2D eigenvalue weighted by molar-refractivity contribution is 5.98. The van der Waals surface area contributed by atoms with Gasteiger partial charge < -0.3 is 4.42 Å². The molecule has 5 heteroatoms. The fraction of sp³-hybridized carbons (Fsp3) is 0.375. The molecule has 1 aromatic rings. The highest BCUT2D eigenvalue weighted by Gasteiger charge is 2.11. The number of furan rings is 1. The molecule has 0 spiro atoms. The molecule has 0 aromatic carbocycles. The van der Waals surface area contributed by atoms with Gasteiger partial charge in [-0.3, -0.25) is 4.79 Å². The standard InChI is InChI=1S/C8H9N3O2/c1-5-3-7(6(2)13-5)8(12)4-10-11-9/h3H,4H2,1-2H3. The van der Waals surface area contributed by atoms with Crippen molar-refractivity contribution in [1.29, 1.82) is 0 Å². The molecule has 0 atom stereocenters. The van der Waals surface area contributed by atoms with Crippen LogP contribution in [0.5, 0.6) is 0 Å². The maximum Gasteiger partial charge on any atom is 0.172 e. The Balaban J connectivity index is 2.88. The molecular weight excluding hydrogens is 170 g/mol. The number of carbonyl (C=O) groups is 1. The van der Waals surface area contributed by atoms with Crippen molar-refractivity contribution in [2.45, 2.75) is 13.8 Å². The zero-order chi connectivity index (χ0) is 9.84. The number of nitrogens with zero attached hydrogens (tertiary/aromatic N) is 3. The van der Waals surface area contributed by atoms with Crippen molar-refractivity contribution in [3.8, 4) is 0 Å². The third-order valence-corrected chi connectivity index (χ3v) is 1.62. The zero-order valence-electron chi connectivity index (χ0n) is 7.44. The van der Waals surface area contributed by atoms with Crippen molar-refractivity contribution in [1.82, 2.24) is 0 Å². The van der Waals surface area contributed by atoms with Gasteiger partial charge in [0, 0.05) is 4.91 Å². The maximum absolute atomic E-state index is 11.3. The number of azide groups is 1. The summed E-state index contributed by atoms with van der Waals surface area (Å²) in [7, 11) is 0. The van der Waals surface area contributed by atoms with Gasteiger partial charge in [0.2, 0.25) is 0 Å². The Labute approximate surface area is 75.0 Å². The van der Waals surface area contributed by atoms with Crippen molar-refractivity contribution in [2.75, 3.05) is 6.54 Å². The van der Waals surface area contributed by atoms with Gasteiger partial charge in [-0.15, -0.1) is 0 Å². The SMILES string of the molecule is Cc1cc(C(=O)CN=[N+]=[N-])c(C)o1. The summed E-state index contributed by atoms with van der Waals surface area (Å²) in [4.78, 5) is 13.8. The highest BCUT2D eigenvalue weighted by atomic mass is 16.3. The van der Waals surface area contributed by atoms with E-state index in [2.05, 4.69) is 10.0 Å².